The number of hydrogen-bond donors (Lipinski definition) is 1. The first-order valence-corrected chi connectivity index (χ1v) is 9.00. The number of fused-ring (bicyclic) bond motifs is 1. The second-order valence-electron chi connectivity index (χ2n) is 6.56. The van der Waals surface area contributed by atoms with Crippen molar-refractivity contribution in [3.63, 3.8) is 0 Å². The number of hydrogen-bond acceptors (Lipinski definition) is 6. The number of anilines is 1. The Morgan fingerprint density at radius 3 is 2.68 bits per heavy atom. The third-order valence-corrected chi connectivity index (χ3v) is 4.96. The maximum Gasteiger partial charge on any atom is 0.340 e. The van der Waals surface area contributed by atoms with Gasteiger partial charge >= 0.3 is 5.97 Å². The molecular formula is C20H20F2N2O4. The van der Waals surface area contributed by atoms with Crippen molar-refractivity contribution in [1.29, 1.82) is 0 Å². The summed E-state index contributed by atoms with van der Waals surface area (Å²) in [7, 11) is 1.26. The fraction of sp³-hybridized carbons (Fsp3) is 0.350. The number of methoxy groups -OCH3 is 1. The van der Waals surface area contributed by atoms with Gasteiger partial charge in [0.15, 0.2) is 0 Å². The molecule has 6 nitrogen and oxygen atoms in total. The monoisotopic (exact) mass is 390 g/mol. The van der Waals surface area contributed by atoms with Gasteiger partial charge in [0.2, 0.25) is 0 Å². The normalized spacial score (nSPS) is 16.3. The third-order valence-electron chi connectivity index (χ3n) is 4.96. The zero-order chi connectivity index (χ0) is 19.7. The first kappa shape index (κ1) is 18.6. The van der Waals surface area contributed by atoms with Crippen molar-refractivity contribution >= 4 is 11.7 Å². The highest BCUT2D eigenvalue weighted by atomic mass is 19.1. The van der Waals surface area contributed by atoms with E-state index in [9.17, 15) is 9.18 Å². The summed E-state index contributed by atoms with van der Waals surface area (Å²) in [5.74, 6) is -1.32. The van der Waals surface area contributed by atoms with Crippen molar-refractivity contribution in [2.45, 2.75) is 6.54 Å². The van der Waals surface area contributed by atoms with Crippen LogP contribution in [0.15, 0.2) is 24.3 Å². The van der Waals surface area contributed by atoms with Crippen LogP contribution >= 0.6 is 0 Å². The summed E-state index contributed by atoms with van der Waals surface area (Å²) < 4.78 is 45.0. The summed E-state index contributed by atoms with van der Waals surface area (Å²) >= 11 is 0. The number of nitrogens with one attached hydrogen (secondary N) is 1. The molecule has 0 atom stereocenters. The van der Waals surface area contributed by atoms with E-state index < -0.39 is 17.6 Å². The van der Waals surface area contributed by atoms with Crippen molar-refractivity contribution < 1.29 is 27.8 Å². The van der Waals surface area contributed by atoms with Gasteiger partial charge in [0.05, 0.1) is 31.6 Å². The molecule has 1 saturated heterocycles. The van der Waals surface area contributed by atoms with E-state index in [0.717, 1.165) is 0 Å². The van der Waals surface area contributed by atoms with E-state index in [1.54, 1.807) is 6.07 Å². The lowest BCUT2D eigenvalue weighted by Gasteiger charge is -2.31. The summed E-state index contributed by atoms with van der Waals surface area (Å²) in [6.07, 6.45) is 0. The van der Waals surface area contributed by atoms with Crippen LogP contribution in [0.25, 0.3) is 11.1 Å². The van der Waals surface area contributed by atoms with Crippen LogP contribution in [-0.2, 0) is 16.0 Å². The van der Waals surface area contributed by atoms with Gasteiger partial charge in [-0.2, -0.15) is 0 Å². The Bertz CT molecular complexity index is 914. The van der Waals surface area contributed by atoms with Crippen molar-refractivity contribution in [2.24, 2.45) is 0 Å². The van der Waals surface area contributed by atoms with Crippen molar-refractivity contribution in [1.82, 2.24) is 5.32 Å². The third kappa shape index (κ3) is 3.29. The lowest BCUT2D eigenvalue weighted by atomic mass is 9.97. The first-order chi connectivity index (χ1) is 13.6. The number of esters is 1. The average molecular weight is 390 g/mol. The van der Waals surface area contributed by atoms with Crippen LogP contribution in [0, 0.1) is 11.6 Å². The molecule has 0 aliphatic carbocycles. The SMILES string of the molecule is COC(=O)c1cc(F)c(-c2ccc(F)c3c2OCNC3)cc1N1CCOCC1. The Balaban J connectivity index is 1.87. The molecule has 1 fully saturated rings. The molecule has 0 aromatic heterocycles. The van der Waals surface area contributed by atoms with Gasteiger partial charge in [-0.05, 0) is 24.3 Å². The van der Waals surface area contributed by atoms with Crippen molar-refractivity contribution in [3.8, 4) is 16.9 Å². The maximum atomic E-state index is 15.0. The number of carbonyl (C=O) groups excluding carboxylic acids is 1. The van der Waals surface area contributed by atoms with E-state index in [-0.39, 0.29) is 17.9 Å². The van der Waals surface area contributed by atoms with E-state index >= 15 is 4.39 Å². The lowest BCUT2D eigenvalue weighted by molar-refractivity contribution is 0.0600. The van der Waals surface area contributed by atoms with Gasteiger partial charge < -0.3 is 19.1 Å². The molecule has 8 heteroatoms. The molecule has 0 radical (unpaired) electrons. The Labute approximate surface area is 161 Å². The molecule has 0 unspecified atom stereocenters. The second-order valence-corrected chi connectivity index (χ2v) is 6.56. The largest absolute Gasteiger partial charge is 0.477 e. The average Bonchev–Trinajstić information content (AvgIpc) is 2.74. The van der Waals surface area contributed by atoms with Crippen LogP contribution < -0.4 is 15.0 Å². The summed E-state index contributed by atoms with van der Waals surface area (Å²) in [6.45, 7) is 2.66. The van der Waals surface area contributed by atoms with Gasteiger partial charge in [0.1, 0.15) is 24.1 Å². The van der Waals surface area contributed by atoms with Gasteiger partial charge in [-0.3, -0.25) is 5.32 Å². The van der Waals surface area contributed by atoms with Crippen LogP contribution in [-0.4, -0.2) is 46.1 Å². The van der Waals surface area contributed by atoms with Crippen molar-refractivity contribution in [2.75, 3.05) is 45.0 Å². The van der Waals surface area contributed by atoms with Gasteiger partial charge in [-0.25, -0.2) is 13.6 Å². The number of carbonyl (C=O) groups is 1. The van der Waals surface area contributed by atoms with E-state index in [1.807, 2.05) is 4.90 Å². The van der Waals surface area contributed by atoms with Gasteiger partial charge in [0, 0.05) is 36.3 Å². The van der Waals surface area contributed by atoms with E-state index in [0.29, 0.717) is 55.4 Å². The van der Waals surface area contributed by atoms with Crippen LogP contribution in [0.3, 0.4) is 0 Å². The molecule has 0 bridgehead atoms. The molecule has 4 rings (SSSR count). The lowest BCUT2D eigenvalue weighted by Crippen LogP contribution is -2.37. The number of halogens is 2. The predicted molar refractivity (Wildman–Crippen MR) is 98.5 cm³/mol. The number of rotatable bonds is 3. The van der Waals surface area contributed by atoms with Crippen LogP contribution in [0.5, 0.6) is 5.75 Å². The highest BCUT2D eigenvalue weighted by molar-refractivity contribution is 5.97. The minimum Gasteiger partial charge on any atom is -0.477 e. The summed E-state index contributed by atoms with van der Waals surface area (Å²) in [6, 6.07) is 5.57. The highest BCUT2D eigenvalue weighted by Crippen LogP contribution is 2.40. The topological polar surface area (TPSA) is 60.0 Å². The summed E-state index contributed by atoms with van der Waals surface area (Å²) in [4.78, 5) is 14.2. The molecular weight excluding hydrogens is 370 g/mol. The molecule has 2 aromatic rings. The Morgan fingerprint density at radius 2 is 1.93 bits per heavy atom. The number of morpholine rings is 1. The van der Waals surface area contributed by atoms with Crippen LogP contribution in [0.4, 0.5) is 14.5 Å². The fourth-order valence-corrected chi connectivity index (χ4v) is 3.55. The quantitative estimate of drug-likeness (QED) is 0.814. The van der Waals surface area contributed by atoms with E-state index in [4.69, 9.17) is 14.2 Å². The van der Waals surface area contributed by atoms with Gasteiger partial charge in [-0.15, -0.1) is 0 Å². The molecule has 2 aromatic carbocycles. The smallest absolute Gasteiger partial charge is 0.340 e. The first-order valence-electron chi connectivity index (χ1n) is 9.00. The molecule has 0 saturated carbocycles. The van der Waals surface area contributed by atoms with Gasteiger partial charge in [-0.1, -0.05) is 0 Å². The predicted octanol–water partition coefficient (Wildman–Crippen LogP) is 2.69. The minimum absolute atomic E-state index is 0.143. The van der Waals surface area contributed by atoms with Crippen LogP contribution in [0.1, 0.15) is 15.9 Å². The molecule has 2 aliphatic heterocycles. The summed E-state index contributed by atoms with van der Waals surface area (Å²) in [5.41, 5.74) is 1.74. The number of benzene rings is 2. The van der Waals surface area contributed by atoms with Crippen LogP contribution in [0.2, 0.25) is 0 Å². The van der Waals surface area contributed by atoms with Crippen molar-refractivity contribution in [3.05, 3.63) is 47.0 Å². The molecule has 2 aliphatic rings. The van der Waals surface area contributed by atoms with E-state index in [1.165, 1.54) is 25.3 Å². The zero-order valence-corrected chi connectivity index (χ0v) is 15.4. The van der Waals surface area contributed by atoms with E-state index in [2.05, 4.69) is 5.32 Å². The summed E-state index contributed by atoms with van der Waals surface area (Å²) in [5, 5.41) is 2.93. The molecule has 0 amide bonds. The molecule has 2 heterocycles. The minimum atomic E-state index is -0.617. The second kappa shape index (κ2) is 7.73. The number of nitrogens with zero attached hydrogens (tertiary/aromatic N) is 1. The highest BCUT2D eigenvalue weighted by Gasteiger charge is 2.26. The fourth-order valence-electron chi connectivity index (χ4n) is 3.55. The Hall–Kier alpha value is -2.71. The molecule has 28 heavy (non-hydrogen) atoms. The number of ether oxygens (including phenoxy) is 3. The maximum absolute atomic E-state index is 15.0. The zero-order valence-electron chi connectivity index (χ0n) is 15.4. The standard InChI is InChI=1S/C20H20F2N2O4/c1-26-20(25)14-8-17(22)13(9-18(14)24-4-6-27-7-5-24)12-2-3-16(21)15-10-23-11-28-19(12)15/h2-3,8-9,23H,4-7,10-11H2,1H3. The molecule has 148 valence electrons. The molecule has 1 N–H and O–H groups in total. The Morgan fingerprint density at radius 1 is 1.14 bits per heavy atom. The Kier molecular flexibility index (Phi) is 5.15. The molecule has 0 spiro atoms. The van der Waals surface area contributed by atoms with Gasteiger partial charge in [0.25, 0.3) is 0 Å².